The van der Waals surface area contributed by atoms with Crippen LogP contribution in [0.2, 0.25) is 0 Å². The van der Waals surface area contributed by atoms with Crippen LogP contribution >= 0.6 is 0 Å². The number of para-hydroxylation sites is 1. The molecule has 18 heavy (non-hydrogen) atoms. The number of hydrogen-bond donors (Lipinski definition) is 1. The van der Waals surface area contributed by atoms with Gasteiger partial charge in [0.2, 0.25) is 0 Å². The number of hydroxylamine groups is 2. The average molecular weight is 241 g/mol. The monoisotopic (exact) mass is 241 g/mol. The Morgan fingerprint density at radius 1 is 1.00 bits per heavy atom. The van der Waals surface area contributed by atoms with Crippen molar-refractivity contribution < 1.29 is 14.7 Å². The zero-order chi connectivity index (χ0) is 12.5. The van der Waals surface area contributed by atoms with E-state index in [1.165, 1.54) is 0 Å². The molecule has 2 aromatic rings. The number of benzene rings is 2. The number of aliphatic hydroxyl groups is 1. The summed E-state index contributed by atoms with van der Waals surface area (Å²) >= 11 is 0. The van der Waals surface area contributed by atoms with Crippen LogP contribution in [0.15, 0.2) is 54.6 Å². The van der Waals surface area contributed by atoms with E-state index < -0.39 is 6.23 Å². The minimum atomic E-state index is -1.06. The SMILES string of the molecule is O=C1c2ccccc2C(O)N1Oc1ccccc1. The number of hydrogen-bond acceptors (Lipinski definition) is 3. The molecule has 1 unspecified atom stereocenters. The molecule has 0 spiro atoms. The van der Waals surface area contributed by atoms with Gasteiger partial charge in [-0.1, -0.05) is 36.4 Å². The van der Waals surface area contributed by atoms with Gasteiger partial charge in [-0.2, -0.15) is 0 Å². The van der Waals surface area contributed by atoms with Crippen LogP contribution in [0, 0.1) is 0 Å². The molecule has 0 saturated carbocycles. The van der Waals surface area contributed by atoms with Crippen molar-refractivity contribution in [1.29, 1.82) is 0 Å². The van der Waals surface area contributed by atoms with Gasteiger partial charge in [-0.15, -0.1) is 5.06 Å². The molecule has 1 aliphatic heterocycles. The molecule has 0 aromatic heterocycles. The highest BCUT2D eigenvalue weighted by molar-refractivity contribution is 5.98. The van der Waals surface area contributed by atoms with E-state index in [1.807, 2.05) is 6.07 Å². The minimum absolute atomic E-state index is 0.332. The first-order chi connectivity index (χ1) is 8.77. The van der Waals surface area contributed by atoms with Gasteiger partial charge in [-0.3, -0.25) is 4.79 Å². The Kier molecular flexibility index (Phi) is 2.50. The van der Waals surface area contributed by atoms with Crippen LogP contribution < -0.4 is 4.84 Å². The summed E-state index contributed by atoms with van der Waals surface area (Å²) in [4.78, 5) is 17.5. The fourth-order valence-electron chi connectivity index (χ4n) is 1.96. The van der Waals surface area contributed by atoms with Crippen molar-refractivity contribution in [3.63, 3.8) is 0 Å². The number of nitrogens with zero attached hydrogens (tertiary/aromatic N) is 1. The second kappa shape index (κ2) is 4.16. The summed E-state index contributed by atoms with van der Waals surface area (Å²) in [7, 11) is 0. The Balaban J connectivity index is 1.91. The molecule has 1 N–H and O–H groups in total. The quantitative estimate of drug-likeness (QED) is 0.876. The second-order valence-corrected chi connectivity index (χ2v) is 4.00. The van der Waals surface area contributed by atoms with Gasteiger partial charge in [0, 0.05) is 5.56 Å². The molecule has 0 radical (unpaired) electrons. The normalized spacial score (nSPS) is 17.7. The highest BCUT2D eigenvalue weighted by Crippen LogP contribution is 2.32. The molecule has 3 rings (SSSR count). The van der Waals surface area contributed by atoms with Crippen molar-refractivity contribution in [2.45, 2.75) is 6.23 Å². The number of aliphatic hydroxyl groups excluding tert-OH is 1. The predicted octanol–water partition coefficient (Wildman–Crippen LogP) is 2.13. The first-order valence-corrected chi connectivity index (χ1v) is 5.61. The highest BCUT2D eigenvalue weighted by Gasteiger charge is 2.37. The molecule has 1 amide bonds. The first kappa shape index (κ1) is 10.8. The summed E-state index contributed by atoms with van der Waals surface area (Å²) in [6, 6.07) is 15.8. The number of rotatable bonds is 2. The molecule has 0 bridgehead atoms. The van der Waals surface area contributed by atoms with Crippen LogP contribution in [0.3, 0.4) is 0 Å². The van der Waals surface area contributed by atoms with E-state index in [9.17, 15) is 9.90 Å². The topological polar surface area (TPSA) is 49.8 Å². The number of carbonyl (C=O) groups is 1. The maximum absolute atomic E-state index is 12.1. The molecular formula is C14H11NO3. The van der Waals surface area contributed by atoms with Crippen molar-refractivity contribution >= 4 is 5.91 Å². The maximum atomic E-state index is 12.1. The van der Waals surface area contributed by atoms with Crippen molar-refractivity contribution in [3.8, 4) is 5.75 Å². The van der Waals surface area contributed by atoms with Crippen molar-refractivity contribution in [1.82, 2.24) is 5.06 Å². The number of amides is 1. The van der Waals surface area contributed by atoms with E-state index in [-0.39, 0.29) is 5.91 Å². The van der Waals surface area contributed by atoms with Gasteiger partial charge in [-0.25, -0.2) is 0 Å². The smallest absolute Gasteiger partial charge is 0.289 e. The Morgan fingerprint density at radius 3 is 2.39 bits per heavy atom. The summed E-state index contributed by atoms with van der Waals surface area (Å²) in [5, 5.41) is 11.0. The van der Waals surface area contributed by atoms with Crippen molar-refractivity contribution in [2.24, 2.45) is 0 Å². The minimum Gasteiger partial charge on any atom is -0.374 e. The van der Waals surface area contributed by atoms with Crippen LogP contribution in [0.1, 0.15) is 22.1 Å². The van der Waals surface area contributed by atoms with E-state index in [1.54, 1.807) is 48.5 Å². The summed E-state index contributed by atoms with van der Waals surface area (Å²) in [5.74, 6) is 0.180. The molecule has 0 aliphatic carbocycles. The largest absolute Gasteiger partial charge is 0.374 e. The van der Waals surface area contributed by atoms with E-state index in [0.29, 0.717) is 16.9 Å². The van der Waals surface area contributed by atoms with E-state index >= 15 is 0 Å². The van der Waals surface area contributed by atoms with Gasteiger partial charge in [0.25, 0.3) is 5.91 Å². The van der Waals surface area contributed by atoms with Gasteiger partial charge in [-0.05, 0) is 18.2 Å². The van der Waals surface area contributed by atoms with Crippen LogP contribution in [0.25, 0.3) is 0 Å². The van der Waals surface area contributed by atoms with E-state index in [0.717, 1.165) is 5.06 Å². The van der Waals surface area contributed by atoms with E-state index in [4.69, 9.17) is 4.84 Å². The molecule has 90 valence electrons. The van der Waals surface area contributed by atoms with Crippen LogP contribution in [-0.2, 0) is 0 Å². The molecule has 0 saturated heterocycles. The lowest BCUT2D eigenvalue weighted by Gasteiger charge is -2.20. The molecule has 4 heteroatoms. The second-order valence-electron chi connectivity index (χ2n) is 4.00. The standard InChI is InChI=1S/C14H11NO3/c16-13-11-8-4-5-9-12(11)14(17)15(13)18-10-6-2-1-3-7-10/h1-9,13,16H. The summed E-state index contributed by atoms with van der Waals surface area (Å²) in [6.45, 7) is 0. The fraction of sp³-hybridized carbons (Fsp3) is 0.0714. The Morgan fingerprint density at radius 2 is 1.67 bits per heavy atom. The first-order valence-electron chi connectivity index (χ1n) is 5.61. The van der Waals surface area contributed by atoms with Gasteiger partial charge < -0.3 is 9.94 Å². The van der Waals surface area contributed by atoms with Crippen LogP contribution in [-0.4, -0.2) is 16.1 Å². The highest BCUT2D eigenvalue weighted by atomic mass is 16.7. The van der Waals surface area contributed by atoms with Gasteiger partial charge in [0.05, 0.1) is 5.56 Å². The molecule has 1 aliphatic rings. The summed E-state index contributed by atoms with van der Waals surface area (Å²) in [6.07, 6.45) is -1.06. The van der Waals surface area contributed by atoms with Crippen LogP contribution in [0.5, 0.6) is 5.75 Å². The van der Waals surface area contributed by atoms with E-state index in [2.05, 4.69) is 0 Å². The van der Waals surface area contributed by atoms with Crippen molar-refractivity contribution in [2.75, 3.05) is 0 Å². The zero-order valence-corrected chi connectivity index (χ0v) is 9.48. The number of carbonyl (C=O) groups excluding carboxylic acids is 1. The fourth-order valence-corrected chi connectivity index (χ4v) is 1.96. The van der Waals surface area contributed by atoms with Gasteiger partial charge in [0.1, 0.15) is 0 Å². The van der Waals surface area contributed by atoms with Gasteiger partial charge in [0.15, 0.2) is 12.0 Å². The van der Waals surface area contributed by atoms with Crippen molar-refractivity contribution in [3.05, 3.63) is 65.7 Å². The summed E-state index contributed by atoms with van der Waals surface area (Å²) < 4.78 is 0. The Bertz CT molecular complexity index is 583. The third-order valence-electron chi connectivity index (χ3n) is 2.84. The van der Waals surface area contributed by atoms with Crippen LogP contribution in [0.4, 0.5) is 0 Å². The molecule has 0 fully saturated rings. The third kappa shape index (κ3) is 1.63. The maximum Gasteiger partial charge on any atom is 0.289 e. The summed E-state index contributed by atoms with van der Waals surface area (Å²) in [5.41, 5.74) is 1.04. The molecule has 1 atom stereocenters. The lowest BCUT2D eigenvalue weighted by atomic mass is 10.1. The molecule has 1 heterocycles. The lowest BCUT2D eigenvalue weighted by molar-refractivity contribution is -0.129. The number of fused-ring (bicyclic) bond motifs is 1. The average Bonchev–Trinajstić information content (AvgIpc) is 2.66. The molecule has 2 aromatic carbocycles. The molecule has 4 nitrogen and oxygen atoms in total. The zero-order valence-electron chi connectivity index (χ0n) is 9.48. The Labute approximate surface area is 104 Å². The van der Waals surface area contributed by atoms with Gasteiger partial charge >= 0.3 is 0 Å². The third-order valence-corrected chi connectivity index (χ3v) is 2.84. The predicted molar refractivity (Wildman–Crippen MR) is 64.6 cm³/mol. The Hall–Kier alpha value is -2.33. The lowest BCUT2D eigenvalue weighted by Crippen LogP contribution is -2.31. The molecular weight excluding hydrogens is 230 g/mol.